The molecule has 3 rings (SSSR count). The van der Waals surface area contributed by atoms with Gasteiger partial charge in [-0.15, -0.1) is 0 Å². The smallest absolute Gasteiger partial charge is 0.221 e. The van der Waals surface area contributed by atoms with Crippen LogP contribution in [0.5, 0.6) is 11.5 Å². The molecular weight excluding hydrogens is 390 g/mol. The van der Waals surface area contributed by atoms with Crippen LogP contribution in [0.1, 0.15) is 64.0 Å². The Morgan fingerprint density at radius 3 is 2.52 bits per heavy atom. The van der Waals surface area contributed by atoms with E-state index in [-0.39, 0.29) is 29.6 Å². The SMILES string of the molecule is COc1ccccc1[C@@H](CC(=O)N[C@H]1CCOC(C)(C)C1)c1ccc(OC(C)C)cc1. The molecule has 0 saturated carbocycles. The molecule has 0 unspecified atom stereocenters. The minimum Gasteiger partial charge on any atom is -0.496 e. The van der Waals surface area contributed by atoms with Crippen LogP contribution in [0.4, 0.5) is 0 Å². The first kappa shape index (κ1) is 23.1. The monoisotopic (exact) mass is 425 g/mol. The normalized spacial score (nSPS) is 19.0. The molecule has 5 nitrogen and oxygen atoms in total. The van der Waals surface area contributed by atoms with Crippen LogP contribution in [-0.4, -0.2) is 37.4 Å². The summed E-state index contributed by atoms with van der Waals surface area (Å²) < 4.78 is 17.2. The average molecular weight is 426 g/mol. The summed E-state index contributed by atoms with van der Waals surface area (Å²) in [5, 5.41) is 3.23. The van der Waals surface area contributed by atoms with Gasteiger partial charge in [0.15, 0.2) is 0 Å². The molecule has 2 atom stereocenters. The number of ether oxygens (including phenoxy) is 3. The van der Waals surface area contributed by atoms with Gasteiger partial charge in [-0.1, -0.05) is 30.3 Å². The lowest BCUT2D eigenvalue weighted by atomic mass is 9.87. The van der Waals surface area contributed by atoms with Crippen LogP contribution in [-0.2, 0) is 9.53 Å². The van der Waals surface area contributed by atoms with Crippen molar-refractivity contribution in [2.75, 3.05) is 13.7 Å². The Bertz CT molecular complexity index is 860. The summed E-state index contributed by atoms with van der Waals surface area (Å²) in [5.74, 6) is 1.54. The number of carbonyl (C=O) groups is 1. The number of amides is 1. The fourth-order valence-electron chi connectivity index (χ4n) is 4.24. The van der Waals surface area contributed by atoms with Gasteiger partial charge in [0.25, 0.3) is 0 Å². The summed E-state index contributed by atoms with van der Waals surface area (Å²) in [4.78, 5) is 13.1. The lowest BCUT2D eigenvalue weighted by Gasteiger charge is -2.36. The maximum absolute atomic E-state index is 13.1. The van der Waals surface area contributed by atoms with Gasteiger partial charge < -0.3 is 19.5 Å². The van der Waals surface area contributed by atoms with Gasteiger partial charge >= 0.3 is 0 Å². The molecule has 31 heavy (non-hydrogen) atoms. The second-order valence-electron chi connectivity index (χ2n) is 9.10. The molecule has 0 aliphatic carbocycles. The first-order chi connectivity index (χ1) is 14.8. The van der Waals surface area contributed by atoms with Crippen molar-refractivity contribution in [1.29, 1.82) is 0 Å². The van der Waals surface area contributed by atoms with Crippen LogP contribution in [0.2, 0.25) is 0 Å². The summed E-state index contributed by atoms with van der Waals surface area (Å²) in [7, 11) is 1.67. The fraction of sp³-hybridized carbons (Fsp3) is 0.500. The number of hydrogen-bond acceptors (Lipinski definition) is 4. The number of para-hydroxylation sites is 1. The molecule has 1 heterocycles. The molecule has 0 radical (unpaired) electrons. The highest BCUT2D eigenvalue weighted by Crippen LogP contribution is 2.35. The highest BCUT2D eigenvalue weighted by Gasteiger charge is 2.30. The van der Waals surface area contributed by atoms with E-state index in [0.717, 1.165) is 35.5 Å². The summed E-state index contributed by atoms with van der Waals surface area (Å²) in [6, 6.07) is 16.1. The molecule has 2 aromatic carbocycles. The van der Waals surface area contributed by atoms with E-state index in [4.69, 9.17) is 14.2 Å². The molecule has 1 aliphatic heterocycles. The molecule has 0 bridgehead atoms. The fourth-order valence-corrected chi connectivity index (χ4v) is 4.24. The Kier molecular flexibility index (Phi) is 7.60. The highest BCUT2D eigenvalue weighted by atomic mass is 16.5. The zero-order valence-corrected chi connectivity index (χ0v) is 19.3. The van der Waals surface area contributed by atoms with Gasteiger partial charge in [0.1, 0.15) is 11.5 Å². The molecule has 1 amide bonds. The molecule has 168 valence electrons. The minimum absolute atomic E-state index is 0.0427. The van der Waals surface area contributed by atoms with Gasteiger partial charge in [0.05, 0.1) is 18.8 Å². The molecule has 0 aromatic heterocycles. The third-order valence-corrected chi connectivity index (χ3v) is 5.62. The zero-order chi connectivity index (χ0) is 22.4. The van der Waals surface area contributed by atoms with Crippen molar-refractivity contribution in [1.82, 2.24) is 5.32 Å². The van der Waals surface area contributed by atoms with E-state index in [2.05, 4.69) is 19.2 Å². The third-order valence-electron chi connectivity index (χ3n) is 5.62. The number of carbonyl (C=O) groups excluding carboxylic acids is 1. The van der Waals surface area contributed by atoms with E-state index >= 15 is 0 Å². The number of hydrogen-bond donors (Lipinski definition) is 1. The van der Waals surface area contributed by atoms with Crippen LogP contribution in [0.3, 0.4) is 0 Å². The molecule has 2 aromatic rings. The molecule has 1 aliphatic rings. The third kappa shape index (κ3) is 6.47. The van der Waals surface area contributed by atoms with E-state index in [1.54, 1.807) is 7.11 Å². The molecular formula is C26H35NO4. The summed E-state index contributed by atoms with van der Waals surface area (Å²) in [6.07, 6.45) is 2.13. The van der Waals surface area contributed by atoms with Crippen molar-refractivity contribution in [3.8, 4) is 11.5 Å². The van der Waals surface area contributed by atoms with E-state index in [1.807, 2.05) is 62.4 Å². The highest BCUT2D eigenvalue weighted by molar-refractivity contribution is 5.78. The number of nitrogens with one attached hydrogen (secondary N) is 1. The van der Waals surface area contributed by atoms with Crippen LogP contribution in [0, 0.1) is 0 Å². The first-order valence-corrected chi connectivity index (χ1v) is 11.1. The molecule has 0 spiro atoms. The predicted molar refractivity (Wildman–Crippen MR) is 123 cm³/mol. The van der Waals surface area contributed by atoms with Crippen LogP contribution in [0.15, 0.2) is 48.5 Å². The summed E-state index contributed by atoms with van der Waals surface area (Å²) in [5.41, 5.74) is 1.86. The predicted octanol–water partition coefficient (Wildman–Crippen LogP) is 5.08. The Hall–Kier alpha value is -2.53. The van der Waals surface area contributed by atoms with Crippen molar-refractivity contribution in [3.05, 3.63) is 59.7 Å². The van der Waals surface area contributed by atoms with Crippen molar-refractivity contribution in [3.63, 3.8) is 0 Å². The quantitative estimate of drug-likeness (QED) is 0.641. The van der Waals surface area contributed by atoms with Gasteiger partial charge in [0.2, 0.25) is 5.91 Å². The first-order valence-electron chi connectivity index (χ1n) is 11.1. The average Bonchev–Trinajstić information content (AvgIpc) is 2.71. The van der Waals surface area contributed by atoms with E-state index in [9.17, 15) is 4.79 Å². The van der Waals surface area contributed by atoms with Crippen LogP contribution >= 0.6 is 0 Å². The van der Waals surface area contributed by atoms with Gasteiger partial charge in [-0.25, -0.2) is 0 Å². The molecule has 1 saturated heterocycles. The Labute approximate surface area is 186 Å². The van der Waals surface area contributed by atoms with Crippen molar-refractivity contribution >= 4 is 5.91 Å². The van der Waals surface area contributed by atoms with E-state index in [1.165, 1.54) is 0 Å². The number of benzene rings is 2. The molecule has 1 fully saturated rings. The molecule has 1 N–H and O–H groups in total. The Morgan fingerprint density at radius 1 is 1.16 bits per heavy atom. The van der Waals surface area contributed by atoms with Gasteiger partial charge in [-0.05, 0) is 64.3 Å². The van der Waals surface area contributed by atoms with Crippen molar-refractivity contribution in [2.24, 2.45) is 0 Å². The number of methoxy groups -OCH3 is 1. The van der Waals surface area contributed by atoms with Crippen molar-refractivity contribution in [2.45, 2.75) is 70.6 Å². The van der Waals surface area contributed by atoms with Gasteiger partial charge in [-0.2, -0.15) is 0 Å². The van der Waals surface area contributed by atoms with Crippen LogP contribution < -0.4 is 14.8 Å². The maximum Gasteiger partial charge on any atom is 0.221 e. The van der Waals surface area contributed by atoms with Crippen LogP contribution in [0.25, 0.3) is 0 Å². The maximum atomic E-state index is 13.1. The van der Waals surface area contributed by atoms with Gasteiger partial charge in [0, 0.05) is 30.6 Å². The minimum atomic E-state index is -0.204. The van der Waals surface area contributed by atoms with Crippen molar-refractivity contribution < 1.29 is 19.0 Å². The second-order valence-corrected chi connectivity index (χ2v) is 9.10. The summed E-state index contributed by atoms with van der Waals surface area (Å²) in [6.45, 7) is 8.83. The lowest BCUT2D eigenvalue weighted by Crippen LogP contribution is -2.46. The zero-order valence-electron chi connectivity index (χ0n) is 19.3. The summed E-state index contributed by atoms with van der Waals surface area (Å²) >= 11 is 0. The topological polar surface area (TPSA) is 56.8 Å². The lowest BCUT2D eigenvalue weighted by molar-refractivity contribution is -0.124. The second kappa shape index (κ2) is 10.2. The standard InChI is InChI=1S/C26H35NO4/c1-18(2)31-21-12-10-19(11-13-21)23(22-8-6-7-9-24(22)29-5)16-25(28)27-20-14-15-30-26(3,4)17-20/h6-13,18,20,23H,14-17H2,1-5H3,(H,27,28)/t20-,23-/m0/s1. The number of rotatable bonds is 8. The van der Waals surface area contributed by atoms with E-state index < -0.39 is 0 Å². The molecule has 5 heteroatoms. The Balaban J connectivity index is 1.81. The van der Waals surface area contributed by atoms with Gasteiger partial charge in [-0.3, -0.25) is 4.79 Å². The Morgan fingerprint density at radius 2 is 1.87 bits per heavy atom. The van der Waals surface area contributed by atoms with E-state index in [0.29, 0.717) is 13.0 Å². The largest absolute Gasteiger partial charge is 0.496 e.